The third kappa shape index (κ3) is 10.1. The van der Waals surface area contributed by atoms with Gasteiger partial charge in [0.2, 0.25) is 0 Å². The molecule has 7 heteroatoms. The molecule has 0 heterocycles. The smallest absolute Gasteiger partial charge is 0.326 e. The molecule has 0 amide bonds. The largest absolute Gasteiger partial charge is 0.465 e. The van der Waals surface area contributed by atoms with Crippen molar-refractivity contribution in [3.63, 3.8) is 0 Å². The molecular formula is C14H29NO4S2. The van der Waals surface area contributed by atoms with Crippen LogP contribution in [0.2, 0.25) is 0 Å². The quantitative estimate of drug-likeness (QED) is 0.432. The van der Waals surface area contributed by atoms with Gasteiger partial charge in [0.05, 0.1) is 12.4 Å². The van der Waals surface area contributed by atoms with E-state index in [2.05, 4.69) is 5.32 Å². The Morgan fingerprint density at radius 1 is 1.24 bits per heavy atom. The fourth-order valence-corrected chi connectivity index (χ4v) is 4.23. The molecule has 0 radical (unpaired) electrons. The molecule has 126 valence electrons. The van der Waals surface area contributed by atoms with Crippen molar-refractivity contribution in [2.75, 3.05) is 36.7 Å². The summed E-state index contributed by atoms with van der Waals surface area (Å²) in [6.07, 6.45) is 3.87. The van der Waals surface area contributed by atoms with Crippen molar-refractivity contribution in [3.8, 4) is 0 Å². The maximum Gasteiger partial charge on any atom is 0.326 e. The second-order valence-corrected chi connectivity index (χ2v) is 8.77. The Morgan fingerprint density at radius 2 is 1.90 bits per heavy atom. The monoisotopic (exact) mass is 339 g/mol. The van der Waals surface area contributed by atoms with Crippen molar-refractivity contribution in [2.24, 2.45) is 0 Å². The molecule has 0 spiro atoms. The lowest BCUT2D eigenvalue weighted by Crippen LogP contribution is -2.50. The Bertz CT molecular complexity index is 398. The van der Waals surface area contributed by atoms with Gasteiger partial charge in [-0.3, -0.25) is 4.79 Å². The highest BCUT2D eigenvalue weighted by atomic mass is 32.2. The third-order valence-electron chi connectivity index (χ3n) is 3.11. The molecule has 0 aliphatic heterocycles. The van der Waals surface area contributed by atoms with Gasteiger partial charge in [-0.15, -0.1) is 0 Å². The van der Waals surface area contributed by atoms with Crippen LogP contribution in [0.1, 0.15) is 40.0 Å². The number of hydrogen-bond acceptors (Lipinski definition) is 6. The number of hydrogen-bond donors (Lipinski definition) is 1. The van der Waals surface area contributed by atoms with Crippen molar-refractivity contribution in [3.05, 3.63) is 0 Å². The molecule has 0 aromatic rings. The van der Waals surface area contributed by atoms with Gasteiger partial charge in [0.1, 0.15) is 15.4 Å². The van der Waals surface area contributed by atoms with Gasteiger partial charge in [-0.25, -0.2) is 8.42 Å². The first-order valence-corrected chi connectivity index (χ1v) is 10.6. The van der Waals surface area contributed by atoms with Gasteiger partial charge in [-0.2, -0.15) is 11.8 Å². The summed E-state index contributed by atoms with van der Waals surface area (Å²) in [7, 11) is -2.86. The summed E-state index contributed by atoms with van der Waals surface area (Å²) in [6.45, 7) is 6.77. The maximum atomic E-state index is 12.0. The van der Waals surface area contributed by atoms with E-state index >= 15 is 0 Å². The van der Waals surface area contributed by atoms with Crippen LogP contribution in [0, 0.1) is 0 Å². The van der Waals surface area contributed by atoms with E-state index in [1.165, 1.54) is 6.26 Å². The molecule has 1 atom stereocenters. The molecular weight excluding hydrogens is 310 g/mol. The molecule has 0 aliphatic carbocycles. The normalized spacial score (nSPS) is 14.7. The molecule has 0 saturated carbocycles. The van der Waals surface area contributed by atoms with Gasteiger partial charge in [-0.1, -0.05) is 13.3 Å². The summed E-state index contributed by atoms with van der Waals surface area (Å²) in [5.41, 5.74) is -0.623. The SMILES string of the molecule is CCNC(C)(CCCCSCCS(C)(=O)=O)C(=O)OCC. The van der Waals surface area contributed by atoms with E-state index in [4.69, 9.17) is 4.74 Å². The van der Waals surface area contributed by atoms with Crippen LogP contribution in [-0.4, -0.2) is 56.6 Å². The molecule has 0 aromatic carbocycles. The number of likely N-dealkylation sites (N-methyl/N-ethyl adjacent to an activating group) is 1. The van der Waals surface area contributed by atoms with Gasteiger partial charge >= 0.3 is 5.97 Å². The summed E-state index contributed by atoms with van der Waals surface area (Å²) >= 11 is 1.65. The predicted molar refractivity (Wildman–Crippen MR) is 89.6 cm³/mol. The summed E-state index contributed by atoms with van der Waals surface area (Å²) in [4.78, 5) is 12.0. The highest BCUT2D eigenvalue weighted by molar-refractivity contribution is 8.00. The van der Waals surface area contributed by atoms with E-state index in [-0.39, 0.29) is 11.7 Å². The minimum atomic E-state index is -2.86. The zero-order valence-corrected chi connectivity index (χ0v) is 15.2. The van der Waals surface area contributed by atoms with E-state index in [0.717, 1.165) is 31.6 Å². The molecule has 0 aliphatic rings. The predicted octanol–water partition coefficient (Wildman–Crippen LogP) is 1.87. The van der Waals surface area contributed by atoms with Crippen LogP contribution in [0.15, 0.2) is 0 Å². The van der Waals surface area contributed by atoms with Crippen molar-refractivity contribution < 1.29 is 17.9 Å². The van der Waals surface area contributed by atoms with Crippen molar-refractivity contribution in [2.45, 2.75) is 45.6 Å². The van der Waals surface area contributed by atoms with Crippen LogP contribution in [0.4, 0.5) is 0 Å². The topological polar surface area (TPSA) is 72.5 Å². The Labute approximate surface area is 133 Å². The van der Waals surface area contributed by atoms with Gasteiger partial charge in [-0.05, 0) is 39.0 Å². The molecule has 0 aromatic heterocycles. The lowest BCUT2D eigenvalue weighted by molar-refractivity contribution is -0.150. The number of unbranched alkanes of at least 4 members (excludes halogenated alkanes) is 1. The van der Waals surface area contributed by atoms with Crippen LogP contribution in [0.3, 0.4) is 0 Å². The average Bonchev–Trinajstić information content (AvgIpc) is 2.37. The third-order valence-corrected chi connectivity index (χ3v) is 5.38. The van der Waals surface area contributed by atoms with Crippen LogP contribution in [0.5, 0.6) is 0 Å². The van der Waals surface area contributed by atoms with Gasteiger partial charge < -0.3 is 10.1 Å². The van der Waals surface area contributed by atoms with Crippen molar-refractivity contribution in [1.82, 2.24) is 5.32 Å². The minimum Gasteiger partial charge on any atom is -0.465 e. The summed E-state index contributed by atoms with van der Waals surface area (Å²) in [5, 5.41) is 3.20. The zero-order chi connectivity index (χ0) is 16.4. The van der Waals surface area contributed by atoms with E-state index in [9.17, 15) is 13.2 Å². The zero-order valence-electron chi connectivity index (χ0n) is 13.6. The molecule has 0 fully saturated rings. The second kappa shape index (κ2) is 10.5. The number of thioether (sulfide) groups is 1. The summed E-state index contributed by atoms with van der Waals surface area (Å²) < 4.78 is 27.1. The lowest BCUT2D eigenvalue weighted by Gasteiger charge is -2.28. The molecule has 1 unspecified atom stereocenters. The average molecular weight is 340 g/mol. The highest BCUT2D eigenvalue weighted by Gasteiger charge is 2.32. The fourth-order valence-electron chi connectivity index (χ4n) is 1.94. The number of carbonyl (C=O) groups excluding carboxylic acids is 1. The summed E-state index contributed by atoms with van der Waals surface area (Å²) in [5.74, 6) is 1.59. The first kappa shape index (κ1) is 20.7. The fraction of sp³-hybridized carbons (Fsp3) is 0.929. The van der Waals surface area contributed by atoms with Crippen molar-refractivity contribution in [1.29, 1.82) is 0 Å². The Balaban J connectivity index is 3.96. The molecule has 0 bridgehead atoms. The number of ether oxygens (including phenoxy) is 1. The number of nitrogens with one attached hydrogen (secondary N) is 1. The number of carbonyl (C=O) groups is 1. The van der Waals surface area contributed by atoms with E-state index in [0.29, 0.717) is 12.4 Å². The van der Waals surface area contributed by atoms with Gasteiger partial charge in [0.15, 0.2) is 0 Å². The molecule has 0 rings (SSSR count). The Morgan fingerprint density at radius 3 is 2.43 bits per heavy atom. The molecule has 5 nitrogen and oxygen atoms in total. The van der Waals surface area contributed by atoms with Crippen molar-refractivity contribution >= 4 is 27.6 Å². The number of sulfone groups is 1. The number of esters is 1. The Kier molecular flexibility index (Phi) is 10.3. The van der Waals surface area contributed by atoms with Crippen LogP contribution in [0.25, 0.3) is 0 Å². The van der Waals surface area contributed by atoms with E-state index in [1.54, 1.807) is 11.8 Å². The van der Waals surface area contributed by atoms with E-state index < -0.39 is 15.4 Å². The first-order valence-electron chi connectivity index (χ1n) is 7.43. The van der Waals surface area contributed by atoms with Gasteiger partial charge in [0, 0.05) is 12.0 Å². The van der Waals surface area contributed by atoms with Gasteiger partial charge in [0.25, 0.3) is 0 Å². The molecule has 1 N–H and O–H groups in total. The van der Waals surface area contributed by atoms with Crippen LogP contribution < -0.4 is 5.32 Å². The highest BCUT2D eigenvalue weighted by Crippen LogP contribution is 2.17. The minimum absolute atomic E-state index is 0.198. The first-order chi connectivity index (χ1) is 9.75. The number of rotatable bonds is 12. The standard InChI is InChI=1S/C14H29NO4S2/c1-5-15-14(3,13(16)19-6-2)9-7-8-10-20-11-12-21(4,17)18/h15H,5-12H2,1-4H3. The maximum absolute atomic E-state index is 12.0. The van der Waals surface area contributed by atoms with E-state index in [1.807, 2.05) is 20.8 Å². The Hall–Kier alpha value is -0.270. The van der Waals surface area contributed by atoms with Crippen LogP contribution in [-0.2, 0) is 19.4 Å². The van der Waals surface area contributed by atoms with Crippen LogP contribution >= 0.6 is 11.8 Å². The molecule has 0 saturated heterocycles. The second-order valence-electron chi connectivity index (χ2n) is 5.28. The summed E-state index contributed by atoms with van der Waals surface area (Å²) in [6, 6.07) is 0. The molecule has 21 heavy (non-hydrogen) atoms. The lowest BCUT2D eigenvalue weighted by atomic mass is 9.95.